The summed E-state index contributed by atoms with van der Waals surface area (Å²) in [6.45, 7) is 0. The Hall–Kier alpha value is -2.36. The van der Waals surface area contributed by atoms with Gasteiger partial charge in [-0.15, -0.1) is 0 Å². The number of oxazole rings is 1. The summed E-state index contributed by atoms with van der Waals surface area (Å²) in [5.41, 5.74) is 1.50. The standard InChI is InChI=1S/C14H11NO3/c16-13(17)8-7-12-15-11-6-5-9-3-1-2-4-10(9)14(11)18-12/h1-6H,7-8H2,(H,16,17). The maximum atomic E-state index is 10.5. The molecule has 0 aliphatic heterocycles. The molecule has 0 unspecified atom stereocenters. The van der Waals surface area contributed by atoms with Gasteiger partial charge in [0.15, 0.2) is 11.5 Å². The van der Waals surface area contributed by atoms with Gasteiger partial charge in [-0.25, -0.2) is 4.98 Å². The lowest BCUT2D eigenvalue weighted by molar-refractivity contribution is -0.137. The molecule has 0 spiro atoms. The van der Waals surface area contributed by atoms with Gasteiger partial charge in [-0.2, -0.15) is 0 Å². The minimum Gasteiger partial charge on any atom is -0.481 e. The highest BCUT2D eigenvalue weighted by Crippen LogP contribution is 2.26. The molecule has 3 aromatic rings. The van der Waals surface area contributed by atoms with E-state index in [1.54, 1.807) is 0 Å². The SMILES string of the molecule is O=C(O)CCc1nc2ccc3ccccc3c2o1. The van der Waals surface area contributed by atoms with Crippen LogP contribution in [0.3, 0.4) is 0 Å². The molecule has 0 bridgehead atoms. The average molecular weight is 241 g/mol. The summed E-state index contributed by atoms with van der Waals surface area (Å²) < 4.78 is 5.66. The molecular formula is C14H11NO3. The maximum absolute atomic E-state index is 10.5. The molecule has 1 aromatic heterocycles. The lowest BCUT2D eigenvalue weighted by atomic mass is 10.1. The molecule has 3 rings (SSSR count). The number of hydrogen-bond donors (Lipinski definition) is 1. The molecule has 18 heavy (non-hydrogen) atoms. The molecule has 0 amide bonds. The topological polar surface area (TPSA) is 63.3 Å². The number of hydrogen-bond acceptors (Lipinski definition) is 3. The zero-order valence-corrected chi connectivity index (χ0v) is 9.59. The lowest BCUT2D eigenvalue weighted by Gasteiger charge is -1.95. The van der Waals surface area contributed by atoms with Gasteiger partial charge in [0.2, 0.25) is 0 Å². The van der Waals surface area contributed by atoms with Gasteiger partial charge in [0.1, 0.15) is 5.52 Å². The zero-order chi connectivity index (χ0) is 12.5. The Morgan fingerprint density at radius 3 is 2.89 bits per heavy atom. The van der Waals surface area contributed by atoms with Crippen LogP contribution in [0.25, 0.3) is 21.9 Å². The molecule has 90 valence electrons. The first kappa shape index (κ1) is 10.8. The minimum atomic E-state index is -0.845. The molecule has 0 radical (unpaired) electrons. The van der Waals surface area contributed by atoms with E-state index in [4.69, 9.17) is 9.52 Å². The summed E-state index contributed by atoms with van der Waals surface area (Å²) in [7, 11) is 0. The van der Waals surface area contributed by atoms with E-state index >= 15 is 0 Å². The summed E-state index contributed by atoms with van der Waals surface area (Å²) in [5, 5.41) is 10.7. The van der Waals surface area contributed by atoms with Crippen molar-refractivity contribution >= 4 is 27.8 Å². The van der Waals surface area contributed by atoms with E-state index in [-0.39, 0.29) is 6.42 Å². The predicted octanol–water partition coefficient (Wildman–Crippen LogP) is 3.00. The molecule has 0 atom stereocenters. The minimum absolute atomic E-state index is 0.0325. The summed E-state index contributed by atoms with van der Waals surface area (Å²) in [5.74, 6) is -0.370. The molecule has 0 aliphatic carbocycles. The number of carboxylic acid groups (broad SMARTS) is 1. The molecule has 0 saturated heterocycles. The van der Waals surface area contributed by atoms with E-state index in [9.17, 15) is 4.79 Å². The van der Waals surface area contributed by atoms with E-state index < -0.39 is 5.97 Å². The van der Waals surface area contributed by atoms with Crippen molar-refractivity contribution in [3.63, 3.8) is 0 Å². The highest BCUT2D eigenvalue weighted by atomic mass is 16.4. The summed E-state index contributed by atoms with van der Waals surface area (Å²) in [6, 6.07) is 11.8. The molecule has 0 saturated carbocycles. The number of aliphatic carboxylic acids is 1. The number of aryl methyl sites for hydroxylation is 1. The second-order valence-electron chi connectivity index (χ2n) is 4.14. The number of benzene rings is 2. The van der Waals surface area contributed by atoms with Gasteiger partial charge in [0.05, 0.1) is 6.42 Å². The van der Waals surface area contributed by atoms with Gasteiger partial charge in [-0.3, -0.25) is 4.79 Å². The predicted molar refractivity (Wildman–Crippen MR) is 67.5 cm³/mol. The first-order valence-electron chi connectivity index (χ1n) is 5.73. The van der Waals surface area contributed by atoms with E-state index in [2.05, 4.69) is 4.98 Å². The van der Waals surface area contributed by atoms with Crippen LogP contribution in [-0.4, -0.2) is 16.1 Å². The van der Waals surface area contributed by atoms with Crippen molar-refractivity contribution < 1.29 is 14.3 Å². The molecule has 4 heteroatoms. The van der Waals surface area contributed by atoms with Crippen LogP contribution in [0.2, 0.25) is 0 Å². The van der Waals surface area contributed by atoms with E-state index in [0.29, 0.717) is 12.3 Å². The fourth-order valence-corrected chi connectivity index (χ4v) is 2.02. The van der Waals surface area contributed by atoms with Crippen molar-refractivity contribution in [1.82, 2.24) is 4.98 Å². The number of rotatable bonds is 3. The molecule has 0 aliphatic rings. The van der Waals surface area contributed by atoms with Crippen molar-refractivity contribution in [3.8, 4) is 0 Å². The van der Waals surface area contributed by atoms with Gasteiger partial charge in [0, 0.05) is 11.8 Å². The summed E-state index contributed by atoms with van der Waals surface area (Å²) >= 11 is 0. The van der Waals surface area contributed by atoms with Gasteiger partial charge < -0.3 is 9.52 Å². The van der Waals surface area contributed by atoms with Gasteiger partial charge in [0.25, 0.3) is 0 Å². The van der Waals surface area contributed by atoms with Gasteiger partial charge in [-0.05, 0) is 11.5 Å². The number of aromatic nitrogens is 1. The van der Waals surface area contributed by atoms with Crippen LogP contribution >= 0.6 is 0 Å². The first-order chi connectivity index (χ1) is 8.74. The van der Waals surface area contributed by atoms with Crippen LogP contribution in [0.15, 0.2) is 40.8 Å². The Morgan fingerprint density at radius 1 is 1.22 bits per heavy atom. The Labute approximate surface area is 103 Å². The van der Waals surface area contributed by atoms with Crippen LogP contribution in [0.4, 0.5) is 0 Å². The number of nitrogens with zero attached hydrogens (tertiary/aromatic N) is 1. The second-order valence-corrected chi connectivity index (χ2v) is 4.14. The van der Waals surface area contributed by atoms with Crippen LogP contribution in [0.5, 0.6) is 0 Å². The third-order valence-electron chi connectivity index (χ3n) is 2.88. The third kappa shape index (κ3) is 1.82. The molecule has 0 fully saturated rings. The summed E-state index contributed by atoms with van der Waals surface area (Å²) in [4.78, 5) is 14.8. The molecule has 1 heterocycles. The van der Waals surface area contributed by atoms with Crippen molar-refractivity contribution in [2.75, 3.05) is 0 Å². The largest absolute Gasteiger partial charge is 0.481 e. The van der Waals surface area contributed by atoms with Gasteiger partial charge >= 0.3 is 5.97 Å². The monoisotopic (exact) mass is 241 g/mol. The van der Waals surface area contributed by atoms with Crippen molar-refractivity contribution in [2.24, 2.45) is 0 Å². The van der Waals surface area contributed by atoms with Crippen LogP contribution in [0.1, 0.15) is 12.3 Å². The normalized spacial score (nSPS) is 11.1. The van der Waals surface area contributed by atoms with Crippen molar-refractivity contribution in [1.29, 1.82) is 0 Å². The zero-order valence-electron chi connectivity index (χ0n) is 9.59. The molecule has 4 nitrogen and oxygen atoms in total. The third-order valence-corrected chi connectivity index (χ3v) is 2.88. The van der Waals surface area contributed by atoms with Crippen molar-refractivity contribution in [2.45, 2.75) is 12.8 Å². The number of carboxylic acids is 1. The van der Waals surface area contributed by atoms with Crippen LogP contribution in [-0.2, 0) is 11.2 Å². The molecule has 2 aromatic carbocycles. The fourth-order valence-electron chi connectivity index (χ4n) is 2.02. The fraction of sp³-hybridized carbons (Fsp3) is 0.143. The van der Waals surface area contributed by atoms with E-state index in [1.165, 1.54) is 0 Å². The quantitative estimate of drug-likeness (QED) is 0.765. The van der Waals surface area contributed by atoms with Gasteiger partial charge in [-0.1, -0.05) is 30.3 Å². The van der Waals surface area contributed by atoms with Crippen LogP contribution < -0.4 is 0 Å². The number of fused-ring (bicyclic) bond motifs is 3. The number of carbonyl (C=O) groups is 1. The second kappa shape index (κ2) is 4.14. The Morgan fingerprint density at radius 2 is 2.06 bits per heavy atom. The first-order valence-corrected chi connectivity index (χ1v) is 5.73. The molecular weight excluding hydrogens is 230 g/mol. The van der Waals surface area contributed by atoms with Crippen LogP contribution in [0, 0.1) is 0 Å². The van der Waals surface area contributed by atoms with E-state index in [1.807, 2.05) is 36.4 Å². The van der Waals surface area contributed by atoms with E-state index in [0.717, 1.165) is 21.9 Å². The highest BCUT2D eigenvalue weighted by Gasteiger charge is 2.10. The maximum Gasteiger partial charge on any atom is 0.303 e. The Balaban J connectivity index is 2.11. The average Bonchev–Trinajstić information content (AvgIpc) is 2.79. The Kier molecular flexibility index (Phi) is 2.48. The summed E-state index contributed by atoms with van der Waals surface area (Å²) in [6.07, 6.45) is 0.350. The smallest absolute Gasteiger partial charge is 0.303 e. The molecule has 1 N–H and O–H groups in total. The lowest BCUT2D eigenvalue weighted by Crippen LogP contribution is -1.97. The highest BCUT2D eigenvalue weighted by molar-refractivity contribution is 6.02. The Bertz CT molecular complexity index is 730. The van der Waals surface area contributed by atoms with Crippen molar-refractivity contribution in [3.05, 3.63) is 42.3 Å².